The van der Waals surface area contributed by atoms with Crippen LogP contribution in [0.5, 0.6) is 0 Å². The van der Waals surface area contributed by atoms with E-state index in [0.29, 0.717) is 17.1 Å². The van der Waals surface area contributed by atoms with E-state index >= 15 is 0 Å². The molecule has 3 rings (SSSR count). The van der Waals surface area contributed by atoms with Crippen molar-refractivity contribution in [3.05, 3.63) is 64.7 Å². The van der Waals surface area contributed by atoms with E-state index in [1.807, 2.05) is 12.1 Å². The van der Waals surface area contributed by atoms with E-state index in [0.717, 1.165) is 11.8 Å². The van der Waals surface area contributed by atoms with Gasteiger partial charge in [0.05, 0.1) is 29.6 Å². The molecule has 30 heavy (non-hydrogen) atoms. The van der Waals surface area contributed by atoms with Gasteiger partial charge in [-0.2, -0.15) is 18.6 Å². The van der Waals surface area contributed by atoms with Crippen LogP contribution in [0.25, 0.3) is 0 Å². The van der Waals surface area contributed by atoms with Gasteiger partial charge in [0, 0.05) is 10.9 Å². The first-order valence-corrected chi connectivity index (χ1v) is 13.2. The Morgan fingerprint density at radius 2 is 1.77 bits per heavy atom. The van der Waals surface area contributed by atoms with Gasteiger partial charge >= 0.3 is 0 Å². The summed E-state index contributed by atoms with van der Waals surface area (Å²) in [7, 11) is -7.32. The third-order valence-corrected chi connectivity index (χ3v) is 7.61. The largest absolute Gasteiger partial charge is 0.267 e. The van der Waals surface area contributed by atoms with Crippen LogP contribution in [-0.2, 0) is 24.1 Å². The first-order valence-electron chi connectivity index (χ1n) is 9.39. The van der Waals surface area contributed by atoms with Crippen molar-refractivity contribution in [1.82, 2.24) is 0 Å². The minimum absolute atomic E-state index is 0.0593. The van der Waals surface area contributed by atoms with Crippen LogP contribution >= 0.6 is 11.6 Å². The number of halogens is 1. The maximum atomic E-state index is 13.1. The van der Waals surface area contributed by atoms with Crippen molar-refractivity contribution in [3.8, 4) is 0 Å². The second kappa shape index (κ2) is 9.13. The molecule has 3 unspecified atom stereocenters. The monoisotopic (exact) mass is 470 g/mol. The Morgan fingerprint density at radius 3 is 2.43 bits per heavy atom. The van der Waals surface area contributed by atoms with Gasteiger partial charge in [-0.25, -0.2) is 8.42 Å². The number of hydrogen-bond donors (Lipinski definition) is 0. The van der Waals surface area contributed by atoms with Crippen LogP contribution in [0.4, 0.5) is 0 Å². The molecule has 7 nitrogen and oxygen atoms in total. The second-order valence-corrected chi connectivity index (χ2v) is 11.4. The second-order valence-electron chi connectivity index (χ2n) is 7.30. The summed E-state index contributed by atoms with van der Waals surface area (Å²) in [5.74, 6) is -0.449. The average molecular weight is 471 g/mol. The normalized spacial score (nSPS) is 20.4. The van der Waals surface area contributed by atoms with E-state index in [2.05, 4.69) is 10.2 Å². The average Bonchev–Trinajstić information content (AvgIpc) is 3.15. The smallest absolute Gasteiger partial charge is 0.264 e. The first kappa shape index (κ1) is 22.9. The molecule has 0 saturated heterocycles. The molecule has 0 aromatic heterocycles. The van der Waals surface area contributed by atoms with E-state index < -0.39 is 26.1 Å². The first-order chi connectivity index (χ1) is 14.1. The molecule has 0 aliphatic carbocycles. The van der Waals surface area contributed by atoms with Gasteiger partial charge < -0.3 is 0 Å². The third-order valence-electron chi connectivity index (χ3n) is 4.86. The number of hydrogen-bond acceptors (Lipinski definition) is 7. The quantitative estimate of drug-likeness (QED) is 0.539. The van der Waals surface area contributed by atoms with Crippen molar-refractivity contribution in [2.45, 2.75) is 36.3 Å². The van der Waals surface area contributed by atoms with Crippen LogP contribution in [0.15, 0.2) is 63.7 Å². The molecule has 0 N–H and O–H groups in total. The van der Waals surface area contributed by atoms with Crippen molar-refractivity contribution in [3.63, 3.8) is 0 Å². The standard InChI is InChI=1S/C20H23ClN2O5S2/c1-14(28-29(2,24)25)11-12-30(26,27)19-6-4-3-5-17(19)18-13-22-23-20(18)15-7-9-16(21)10-8-15/h3-10,14,18,20H,11-13H2,1-2H3. The fourth-order valence-electron chi connectivity index (χ4n) is 3.48. The van der Waals surface area contributed by atoms with E-state index in [1.165, 1.54) is 6.92 Å². The minimum atomic E-state index is -3.67. The van der Waals surface area contributed by atoms with Crippen molar-refractivity contribution in [2.24, 2.45) is 10.2 Å². The molecule has 1 aliphatic rings. The zero-order valence-electron chi connectivity index (χ0n) is 16.6. The highest BCUT2D eigenvalue weighted by molar-refractivity contribution is 7.91. The van der Waals surface area contributed by atoms with Crippen LogP contribution in [0.2, 0.25) is 5.02 Å². The SMILES string of the molecule is CC(CCS(=O)(=O)c1ccccc1C1CN=NC1c1ccc(Cl)cc1)OS(C)(=O)=O. The highest BCUT2D eigenvalue weighted by Crippen LogP contribution is 2.41. The van der Waals surface area contributed by atoms with E-state index in [-0.39, 0.29) is 29.0 Å². The van der Waals surface area contributed by atoms with Crippen molar-refractivity contribution in [2.75, 3.05) is 18.6 Å². The molecule has 0 fully saturated rings. The van der Waals surface area contributed by atoms with Crippen LogP contribution in [-0.4, -0.2) is 41.5 Å². The van der Waals surface area contributed by atoms with Crippen molar-refractivity contribution in [1.29, 1.82) is 0 Å². The van der Waals surface area contributed by atoms with Gasteiger partial charge in [0.1, 0.15) is 6.04 Å². The summed E-state index contributed by atoms with van der Waals surface area (Å²) in [6.07, 6.45) is 0.265. The topological polar surface area (TPSA) is 102 Å². The molecule has 0 bridgehead atoms. The summed E-state index contributed by atoms with van der Waals surface area (Å²) < 4.78 is 53.5. The van der Waals surface area contributed by atoms with E-state index in [9.17, 15) is 16.8 Å². The van der Waals surface area contributed by atoms with Crippen molar-refractivity contribution >= 4 is 31.6 Å². The number of rotatable bonds is 8. The van der Waals surface area contributed by atoms with Gasteiger partial charge in [0.2, 0.25) is 0 Å². The maximum absolute atomic E-state index is 13.1. The lowest BCUT2D eigenvalue weighted by atomic mass is 9.88. The fourth-order valence-corrected chi connectivity index (χ4v) is 6.02. The lowest BCUT2D eigenvalue weighted by Crippen LogP contribution is -2.20. The van der Waals surface area contributed by atoms with E-state index in [4.69, 9.17) is 15.8 Å². The van der Waals surface area contributed by atoms with Crippen LogP contribution in [0.1, 0.15) is 36.4 Å². The molecule has 3 atom stereocenters. The Balaban J connectivity index is 1.85. The molecule has 162 valence electrons. The summed E-state index contributed by atoms with van der Waals surface area (Å²) in [5.41, 5.74) is 1.56. The molecular weight excluding hydrogens is 448 g/mol. The Hall–Kier alpha value is -1.81. The van der Waals surface area contributed by atoms with Gasteiger partial charge in [-0.05, 0) is 42.7 Å². The summed E-state index contributed by atoms with van der Waals surface area (Å²) in [4.78, 5) is 0.216. The summed E-state index contributed by atoms with van der Waals surface area (Å²) in [6.45, 7) is 1.92. The molecule has 2 aromatic carbocycles. The Bertz CT molecular complexity index is 1130. The predicted molar refractivity (Wildman–Crippen MR) is 115 cm³/mol. The Labute approximate surface area is 182 Å². The molecule has 10 heteroatoms. The number of benzene rings is 2. The molecular formula is C20H23ClN2O5S2. The Kier molecular flexibility index (Phi) is 6.96. The molecule has 1 aliphatic heterocycles. The highest BCUT2D eigenvalue weighted by atomic mass is 35.5. The lowest BCUT2D eigenvalue weighted by molar-refractivity contribution is 0.227. The number of azo groups is 1. The summed E-state index contributed by atoms with van der Waals surface area (Å²) in [5, 5.41) is 9.11. The molecule has 2 aromatic rings. The van der Waals surface area contributed by atoms with Crippen LogP contribution in [0.3, 0.4) is 0 Å². The fraction of sp³-hybridized carbons (Fsp3) is 0.400. The van der Waals surface area contributed by atoms with Gasteiger partial charge in [0.15, 0.2) is 9.84 Å². The van der Waals surface area contributed by atoms with Gasteiger partial charge in [0.25, 0.3) is 10.1 Å². The zero-order chi connectivity index (χ0) is 21.9. The van der Waals surface area contributed by atoms with Gasteiger partial charge in [-0.15, -0.1) is 0 Å². The molecule has 0 saturated carbocycles. The van der Waals surface area contributed by atoms with Crippen LogP contribution in [0, 0.1) is 0 Å². The zero-order valence-corrected chi connectivity index (χ0v) is 19.0. The minimum Gasteiger partial charge on any atom is -0.267 e. The maximum Gasteiger partial charge on any atom is 0.264 e. The van der Waals surface area contributed by atoms with Gasteiger partial charge in [-0.3, -0.25) is 4.18 Å². The Morgan fingerprint density at radius 1 is 1.10 bits per heavy atom. The highest BCUT2D eigenvalue weighted by Gasteiger charge is 2.33. The molecule has 0 amide bonds. The summed E-state index contributed by atoms with van der Waals surface area (Å²) >= 11 is 5.98. The summed E-state index contributed by atoms with van der Waals surface area (Å²) in [6, 6.07) is 13.8. The van der Waals surface area contributed by atoms with Gasteiger partial charge in [-0.1, -0.05) is 41.9 Å². The molecule has 1 heterocycles. The number of sulfone groups is 1. The van der Waals surface area contributed by atoms with Crippen LogP contribution < -0.4 is 0 Å². The predicted octanol–water partition coefficient (Wildman–Crippen LogP) is 4.16. The molecule has 0 radical (unpaired) electrons. The van der Waals surface area contributed by atoms with Crippen molar-refractivity contribution < 1.29 is 21.0 Å². The lowest BCUT2D eigenvalue weighted by Gasteiger charge is -2.20. The van der Waals surface area contributed by atoms with E-state index in [1.54, 1.807) is 36.4 Å². The third kappa shape index (κ3) is 5.66. The number of nitrogens with zero attached hydrogens (tertiary/aromatic N) is 2. The molecule has 0 spiro atoms.